The van der Waals surface area contributed by atoms with Gasteiger partial charge in [-0.3, -0.25) is 4.79 Å². The van der Waals surface area contributed by atoms with E-state index in [2.05, 4.69) is 14.0 Å². The number of rotatable bonds is 7. The first-order valence-corrected chi connectivity index (χ1v) is 9.95. The summed E-state index contributed by atoms with van der Waals surface area (Å²) < 4.78 is 12.9. The number of carbonyl (C=O) groups is 1. The van der Waals surface area contributed by atoms with Crippen LogP contribution >= 0.6 is 0 Å². The van der Waals surface area contributed by atoms with Gasteiger partial charge in [0.2, 0.25) is 0 Å². The maximum atomic E-state index is 12.7. The minimum atomic E-state index is -0.595. The highest BCUT2D eigenvalue weighted by molar-refractivity contribution is 5.78. The highest BCUT2D eigenvalue weighted by Gasteiger charge is 2.71. The van der Waals surface area contributed by atoms with Crippen molar-refractivity contribution >= 4 is 5.97 Å². The first-order valence-electron chi connectivity index (χ1n) is 9.95. The zero-order valence-electron chi connectivity index (χ0n) is 15.7. The van der Waals surface area contributed by atoms with Gasteiger partial charge >= 0.3 is 5.97 Å². The summed E-state index contributed by atoms with van der Waals surface area (Å²) >= 11 is 0. The molecule has 7 atom stereocenters. The summed E-state index contributed by atoms with van der Waals surface area (Å²) in [5.41, 5.74) is 0.813. The average Bonchev–Trinajstić information content (AvgIpc) is 3.40. The number of epoxide rings is 1. The number of fused-ring (bicyclic) bond motifs is 5. The molecule has 4 rings (SSSR count). The molecule has 5 heteroatoms. The Bertz CT molecular complexity index is 631. The van der Waals surface area contributed by atoms with Gasteiger partial charge in [0.1, 0.15) is 36.3 Å². The third kappa shape index (κ3) is 2.96. The lowest BCUT2D eigenvalue weighted by molar-refractivity contribution is -0.956. The van der Waals surface area contributed by atoms with Crippen LogP contribution in [0.4, 0.5) is 0 Å². The average molecular weight is 360 g/mol. The largest absolute Gasteiger partial charge is 0.461 e. The van der Waals surface area contributed by atoms with E-state index in [0.717, 1.165) is 22.9 Å². The van der Waals surface area contributed by atoms with Crippen molar-refractivity contribution in [3.8, 4) is 0 Å². The molecule has 3 fully saturated rings. The van der Waals surface area contributed by atoms with Crippen molar-refractivity contribution in [1.29, 1.82) is 0 Å². The van der Waals surface area contributed by atoms with Crippen LogP contribution in [-0.2, 0) is 14.3 Å². The second kappa shape index (κ2) is 6.95. The highest BCUT2D eigenvalue weighted by atomic mass is 16.6. The van der Waals surface area contributed by atoms with Crippen LogP contribution in [-0.4, -0.2) is 66.2 Å². The smallest absolute Gasteiger partial charge is 0.316 e. The normalized spacial score (nSPS) is 38.5. The molecule has 3 saturated heterocycles. The van der Waals surface area contributed by atoms with E-state index < -0.39 is 5.92 Å². The van der Waals surface area contributed by atoms with E-state index in [0.29, 0.717) is 24.3 Å². The van der Waals surface area contributed by atoms with Gasteiger partial charge in [-0.25, -0.2) is 0 Å². The number of quaternary nitrogens is 1. The summed E-state index contributed by atoms with van der Waals surface area (Å²) in [6, 6.07) is 10.3. The third-order valence-corrected chi connectivity index (χ3v) is 6.79. The number of esters is 1. The highest BCUT2D eigenvalue weighted by Crippen LogP contribution is 2.52. The van der Waals surface area contributed by atoms with Crippen molar-refractivity contribution in [3.63, 3.8) is 0 Å². The van der Waals surface area contributed by atoms with Crippen molar-refractivity contribution < 1.29 is 23.9 Å². The Kier molecular flexibility index (Phi) is 4.80. The fraction of sp³-hybridized carbons (Fsp3) is 0.667. The van der Waals surface area contributed by atoms with Crippen LogP contribution in [0.2, 0.25) is 0 Å². The van der Waals surface area contributed by atoms with Crippen molar-refractivity contribution in [2.75, 3.05) is 20.2 Å². The van der Waals surface area contributed by atoms with Gasteiger partial charge in [0, 0.05) is 12.8 Å². The zero-order chi connectivity index (χ0) is 18.3. The molecule has 0 radical (unpaired) electrons. The quantitative estimate of drug-likeness (QED) is 0.460. The second-order valence-corrected chi connectivity index (χ2v) is 8.30. The van der Waals surface area contributed by atoms with Gasteiger partial charge in [0.25, 0.3) is 0 Å². The number of ether oxygens (including phenoxy) is 2. The monoisotopic (exact) mass is 360 g/mol. The molecule has 1 aromatic carbocycles. The third-order valence-electron chi connectivity index (χ3n) is 6.79. The number of unbranched alkanes of at least 4 members (excludes halogenated alkanes) is 1. The molecule has 0 spiro atoms. The Morgan fingerprint density at radius 3 is 2.50 bits per heavy atom. The maximum Gasteiger partial charge on any atom is 0.316 e. The Balaban J connectivity index is 1.42. The maximum absolute atomic E-state index is 12.7. The summed E-state index contributed by atoms with van der Waals surface area (Å²) in [4.78, 5) is 12.7. The fourth-order valence-corrected chi connectivity index (χ4v) is 5.23. The van der Waals surface area contributed by atoms with Crippen LogP contribution in [0.1, 0.15) is 44.1 Å². The minimum Gasteiger partial charge on any atom is -0.461 e. The minimum absolute atomic E-state index is 0.0560. The first kappa shape index (κ1) is 18.0. The van der Waals surface area contributed by atoms with E-state index in [1.807, 2.05) is 30.3 Å². The number of nitrogens with zero attached hydrogens (tertiary/aromatic N) is 1. The van der Waals surface area contributed by atoms with Gasteiger partial charge < -0.3 is 19.1 Å². The van der Waals surface area contributed by atoms with E-state index in [4.69, 9.17) is 9.47 Å². The summed E-state index contributed by atoms with van der Waals surface area (Å²) in [5, 5.41) is 9.70. The molecule has 3 heterocycles. The number of likely N-dealkylation sites (N-methyl/N-ethyl adjacent to an activating group) is 1. The van der Waals surface area contributed by atoms with Crippen LogP contribution in [0, 0.1) is 0 Å². The molecule has 3 aliphatic heterocycles. The molecule has 3 aliphatic rings. The van der Waals surface area contributed by atoms with E-state index in [1.54, 1.807) is 0 Å². The zero-order valence-corrected chi connectivity index (χ0v) is 15.7. The number of morpholine rings is 1. The topological polar surface area (TPSA) is 59.1 Å². The lowest BCUT2D eigenvalue weighted by Crippen LogP contribution is -2.62. The molecule has 1 N–H and O–H groups in total. The van der Waals surface area contributed by atoms with Gasteiger partial charge in [0.15, 0.2) is 0 Å². The fourth-order valence-electron chi connectivity index (χ4n) is 5.23. The van der Waals surface area contributed by atoms with Gasteiger partial charge in [-0.2, -0.15) is 0 Å². The van der Waals surface area contributed by atoms with Crippen LogP contribution < -0.4 is 0 Å². The van der Waals surface area contributed by atoms with Gasteiger partial charge in [0.05, 0.1) is 20.2 Å². The number of aliphatic hydroxyl groups is 1. The van der Waals surface area contributed by atoms with Crippen molar-refractivity contribution in [3.05, 3.63) is 35.9 Å². The molecular weight excluding hydrogens is 330 g/mol. The first-order chi connectivity index (χ1) is 12.6. The van der Waals surface area contributed by atoms with Gasteiger partial charge in [-0.15, -0.1) is 0 Å². The lowest BCUT2D eigenvalue weighted by Gasteiger charge is -2.48. The van der Waals surface area contributed by atoms with Crippen molar-refractivity contribution in [2.24, 2.45) is 0 Å². The van der Waals surface area contributed by atoms with Crippen molar-refractivity contribution in [1.82, 2.24) is 0 Å². The standard InChI is InChI=1S/C21H30NO4/c1-3-4-10-22(2)17-11-15(12-18(22)20-19(17)26-20)25-21(24)16(13-23)14-8-6-5-7-9-14/h5-9,15-20,23H,3-4,10-13H2,1-2H3/q+1/t15?,16-,17-,18+,19-,20+,22?/m1/s1. The molecular formula is C21H30NO4+. The van der Waals surface area contributed by atoms with E-state index in [-0.39, 0.29) is 18.7 Å². The predicted molar refractivity (Wildman–Crippen MR) is 97.6 cm³/mol. The molecule has 0 saturated carbocycles. The molecule has 0 aliphatic carbocycles. The molecule has 1 aromatic rings. The Morgan fingerprint density at radius 1 is 1.27 bits per heavy atom. The summed E-state index contributed by atoms with van der Waals surface area (Å²) in [5.74, 6) is -0.898. The number of benzene rings is 1. The van der Waals surface area contributed by atoms with Crippen LogP contribution in [0.3, 0.4) is 0 Å². The van der Waals surface area contributed by atoms with Gasteiger partial charge in [-0.05, 0) is 12.0 Å². The van der Waals surface area contributed by atoms with E-state index in [1.165, 1.54) is 19.4 Å². The molecule has 2 unspecified atom stereocenters. The number of piperidine rings is 1. The van der Waals surface area contributed by atoms with E-state index >= 15 is 0 Å². The Labute approximate surface area is 155 Å². The Hall–Kier alpha value is -1.43. The van der Waals surface area contributed by atoms with Crippen molar-refractivity contribution in [2.45, 2.75) is 68.9 Å². The molecule has 0 aromatic heterocycles. The summed E-state index contributed by atoms with van der Waals surface area (Å²) in [6.07, 6.45) is 4.83. The molecule has 5 nitrogen and oxygen atoms in total. The molecule has 0 amide bonds. The summed E-state index contributed by atoms with van der Waals surface area (Å²) in [7, 11) is 2.36. The SMILES string of the molecule is CCCC[N+]1(C)[C@@H]2CC(OC(=O)[C@H](CO)c3ccccc3)C[C@H]1[C@@H]1O[C@@H]12. The molecule has 26 heavy (non-hydrogen) atoms. The van der Waals surface area contributed by atoms with E-state index in [9.17, 15) is 9.90 Å². The summed E-state index contributed by atoms with van der Waals surface area (Å²) in [6.45, 7) is 3.20. The number of hydrogen-bond donors (Lipinski definition) is 1. The number of carbonyl (C=O) groups excluding carboxylic acids is 1. The van der Waals surface area contributed by atoms with Crippen LogP contribution in [0.25, 0.3) is 0 Å². The van der Waals surface area contributed by atoms with Crippen LogP contribution in [0.15, 0.2) is 30.3 Å². The van der Waals surface area contributed by atoms with Gasteiger partial charge in [-0.1, -0.05) is 43.7 Å². The predicted octanol–water partition coefficient (Wildman–Crippen LogP) is 2.23. The molecule has 2 bridgehead atoms. The Morgan fingerprint density at radius 2 is 1.92 bits per heavy atom. The lowest BCUT2D eigenvalue weighted by atomic mass is 9.94. The number of hydrogen-bond acceptors (Lipinski definition) is 4. The second-order valence-electron chi connectivity index (χ2n) is 8.30. The van der Waals surface area contributed by atoms with Crippen LogP contribution in [0.5, 0.6) is 0 Å². The number of aliphatic hydroxyl groups excluding tert-OH is 1. The molecule has 142 valence electrons.